The maximum atomic E-state index is 13.0. The summed E-state index contributed by atoms with van der Waals surface area (Å²) >= 11 is 2.52. The smallest absolute Gasteiger partial charge is 0.282 e. The van der Waals surface area contributed by atoms with Crippen LogP contribution in [0.5, 0.6) is 5.75 Å². The first kappa shape index (κ1) is 21.7. The third-order valence-electron chi connectivity index (χ3n) is 4.20. The van der Waals surface area contributed by atoms with Gasteiger partial charge in [-0.25, -0.2) is 9.07 Å². The molecule has 2 heterocycles. The maximum Gasteiger partial charge on any atom is 0.282 e. The van der Waals surface area contributed by atoms with Gasteiger partial charge in [-0.15, -0.1) is 20.4 Å². The Balaban J connectivity index is 1.28. The second-order valence-corrected chi connectivity index (χ2v) is 8.47. The van der Waals surface area contributed by atoms with E-state index in [-0.39, 0.29) is 18.3 Å². The normalized spacial score (nSPS) is 10.8. The number of nitrogens with zero attached hydrogens (tertiary/aromatic N) is 5. The Morgan fingerprint density at radius 1 is 1.09 bits per heavy atom. The van der Waals surface area contributed by atoms with Crippen LogP contribution in [0, 0.1) is 5.82 Å². The first-order valence-electron chi connectivity index (χ1n) is 9.43. The lowest BCUT2D eigenvalue weighted by molar-refractivity contribution is 0.0950. The number of carbonyl (C=O) groups excluding carboxylic acids is 1. The first-order chi connectivity index (χ1) is 15.6. The lowest BCUT2D eigenvalue weighted by Crippen LogP contribution is -2.22. The van der Waals surface area contributed by atoms with Crippen LogP contribution < -0.4 is 15.9 Å². The zero-order valence-corrected chi connectivity index (χ0v) is 18.3. The number of amides is 1. The molecule has 0 saturated carbocycles. The summed E-state index contributed by atoms with van der Waals surface area (Å²) in [5.74, 6) is 6.76. The molecule has 3 N–H and O–H groups in total. The zero-order valence-electron chi connectivity index (χ0n) is 16.6. The highest BCUT2D eigenvalue weighted by molar-refractivity contribution is 7.98. The number of benzene rings is 2. The topological polar surface area (TPSA) is 121 Å². The number of nitrogen functional groups attached to an aromatic ring is 1. The van der Waals surface area contributed by atoms with E-state index in [9.17, 15) is 9.18 Å². The molecule has 32 heavy (non-hydrogen) atoms. The van der Waals surface area contributed by atoms with Gasteiger partial charge in [0.25, 0.3) is 5.91 Å². The maximum absolute atomic E-state index is 13.0. The number of nitrogens with two attached hydrogens (primary N) is 1. The number of aromatic nitrogens is 5. The summed E-state index contributed by atoms with van der Waals surface area (Å²) in [7, 11) is 0. The number of hydrogen-bond acceptors (Lipinski definition) is 9. The van der Waals surface area contributed by atoms with Crippen molar-refractivity contribution in [3.63, 3.8) is 0 Å². The van der Waals surface area contributed by atoms with E-state index >= 15 is 0 Å². The van der Waals surface area contributed by atoms with Crippen LogP contribution >= 0.6 is 23.1 Å². The fourth-order valence-corrected chi connectivity index (χ4v) is 4.18. The van der Waals surface area contributed by atoms with Crippen LogP contribution in [0.4, 0.5) is 4.39 Å². The molecule has 0 radical (unpaired) electrons. The Labute approximate surface area is 190 Å². The zero-order chi connectivity index (χ0) is 22.3. The van der Waals surface area contributed by atoms with Crippen molar-refractivity contribution in [1.29, 1.82) is 0 Å². The monoisotopic (exact) mass is 471 g/mol. The van der Waals surface area contributed by atoms with E-state index < -0.39 is 0 Å². The second-order valence-electron chi connectivity index (χ2n) is 6.47. The Morgan fingerprint density at radius 3 is 2.66 bits per heavy atom. The van der Waals surface area contributed by atoms with Crippen molar-refractivity contribution in [2.45, 2.75) is 24.1 Å². The van der Waals surface area contributed by atoms with Crippen molar-refractivity contribution in [2.24, 2.45) is 0 Å². The minimum absolute atomic E-state index is 0.0836. The van der Waals surface area contributed by atoms with Crippen LogP contribution in [0.3, 0.4) is 0 Å². The summed E-state index contributed by atoms with van der Waals surface area (Å²) in [6.07, 6.45) is 0. The highest BCUT2D eigenvalue weighted by Gasteiger charge is 2.15. The molecular weight excluding hydrogens is 453 g/mol. The fraction of sp³-hybridized carbons (Fsp3) is 0.150. The predicted octanol–water partition coefficient (Wildman–Crippen LogP) is 2.78. The summed E-state index contributed by atoms with van der Waals surface area (Å²) in [6, 6.07) is 15.3. The Bertz CT molecular complexity index is 1180. The van der Waals surface area contributed by atoms with Crippen molar-refractivity contribution in [3.8, 4) is 5.75 Å². The molecule has 0 aliphatic heterocycles. The number of nitrogens with one attached hydrogen (secondary N) is 1. The van der Waals surface area contributed by atoms with Gasteiger partial charge < -0.3 is 15.9 Å². The summed E-state index contributed by atoms with van der Waals surface area (Å²) in [5, 5.41) is 20.3. The van der Waals surface area contributed by atoms with Crippen LogP contribution in [0.25, 0.3) is 0 Å². The van der Waals surface area contributed by atoms with Gasteiger partial charge in [0, 0.05) is 6.54 Å². The highest BCUT2D eigenvalue weighted by atomic mass is 32.2. The molecule has 2 aromatic carbocycles. The quantitative estimate of drug-likeness (QED) is 0.282. The van der Waals surface area contributed by atoms with Crippen LogP contribution in [-0.2, 0) is 18.9 Å². The summed E-state index contributed by atoms with van der Waals surface area (Å²) in [5.41, 5.74) is 1.00. The third kappa shape index (κ3) is 5.59. The highest BCUT2D eigenvalue weighted by Crippen LogP contribution is 2.23. The molecule has 0 atom stereocenters. The van der Waals surface area contributed by atoms with Gasteiger partial charge in [-0.3, -0.25) is 4.79 Å². The second kappa shape index (κ2) is 10.2. The van der Waals surface area contributed by atoms with Crippen LogP contribution in [0.2, 0.25) is 0 Å². The molecule has 2 aromatic heterocycles. The molecule has 12 heteroatoms. The molecule has 4 rings (SSSR count). The summed E-state index contributed by atoms with van der Waals surface area (Å²) in [4.78, 5) is 12.3. The summed E-state index contributed by atoms with van der Waals surface area (Å²) in [6.45, 7) is 0.503. The minimum Gasteiger partial charge on any atom is -0.486 e. The fourth-order valence-electron chi connectivity index (χ4n) is 2.57. The largest absolute Gasteiger partial charge is 0.486 e. The predicted molar refractivity (Wildman–Crippen MR) is 118 cm³/mol. The molecule has 0 aliphatic carbocycles. The van der Waals surface area contributed by atoms with Crippen molar-refractivity contribution in [2.75, 3.05) is 5.84 Å². The van der Waals surface area contributed by atoms with Crippen LogP contribution in [-0.4, -0.2) is 31.0 Å². The summed E-state index contributed by atoms with van der Waals surface area (Å²) < 4.78 is 19.8. The Kier molecular flexibility index (Phi) is 6.92. The molecule has 164 valence electrons. The van der Waals surface area contributed by atoms with Gasteiger partial charge in [-0.05, 0) is 29.8 Å². The molecule has 0 saturated heterocycles. The van der Waals surface area contributed by atoms with E-state index in [1.807, 2.05) is 30.3 Å². The molecule has 1 amide bonds. The molecule has 0 aliphatic rings. The number of halogens is 1. The number of ether oxygens (including phenoxy) is 1. The SMILES string of the molecule is Nn1c(COc2ccc(F)cc2)nnc1SCc1nnc(C(=O)NCc2ccccc2)s1. The number of hydrogen-bond donors (Lipinski definition) is 2. The average molecular weight is 472 g/mol. The minimum atomic E-state index is -0.341. The molecule has 9 nitrogen and oxygen atoms in total. The number of thioether (sulfide) groups is 1. The van der Waals surface area contributed by atoms with E-state index in [1.165, 1.54) is 52.0 Å². The number of carbonyl (C=O) groups is 1. The third-order valence-corrected chi connectivity index (χ3v) is 6.26. The van der Waals surface area contributed by atoms with Gasteiger partial charge >= 0.3 is 0 Å². The van der Waals surface area contributed by atoms with Crippen molar-refractivity contribution < 1.29 is 13.9 Å². The van der Waals surface area contributed by atoms with Gasteiger partial charge in [0.1, 0.15) is 23.2 Å². The van der Waals surface area contributed by atoms with E-state index in [0.29, 0.717) is 39.0 Å². The molecule has 0 fully saturated rings. The van der Waals surface area contributed by atoms with Gasteiger partial charge in [-0.2, -0.15) is 0 Å². The van der Waals surface area contributed by atoms with Gasteiger partial charge in [0.2, 0.25) is 10.2 Å². The van der Waals surface area contributed by atoms with Crippen molar-refractivity contribution in [1.82, 2.24) is 30.4 Å². The molecule has 4 aromatic rings. The van der Waals surface area contributed by atoms with Crippen molar-refractivity contribution in [3.05, 3.63) is 81.8 Å². The van der Waals surface area contributed by atoms with Gasteiger partial charge in [0.05, 0.1) is 5.75 Å². The molecular formula is C20H18FN7O2S2. The first-order valence-corrected chi connectivity index (χ1v) is 11.2. The number of rotatable bonds is 9. The lowest BCUT2D eigenvalue weighted by Gasteiger charge is -2.06. The van der Waals surface area contributed by atoms with Gasteiger partial charge in [-0.1, -0.05) is 53.4 Å². The lowest BCUT2D eigenvalue weighted by atomic mass is 10.2. The standard InChI is InChI=1S/C20H18FN7O2S2/c21-14-6-8-15(9-7-14)30-11-16-24-27-20(28(16)22)31-12-17-25-26-19(32-17)18(29)23-10-13-4-2-1-3-5-13/h1-9H,10-12,22H2,(H,23,29). The van der Waals surface area contributed by atoms with E-state index in [4.69, 9.17) is 10.6 Å². The molecule has 0 spiro atoms. The average Bonchev–Trinajstić information content (AvgIpc) is 3.43. The van der Waals surface area contributed by atoms with E-state index in [1.54, 1.807) is 0 Å². The van der Waals surface area contributed by atoms with E-state index in [2.05, 4.69) is 25.7 Å². The van der Waals surface area contributed by atoms with E-state index in [0.717, 1.165) is 5.56 Å². The van der Waals surface area contributed by atoms with Crippen LogP contribution in [0.1, 0.15) is 26.2 Å². The van der Waals surface area contributed by atoms with Crippen LogP contribution in [0.15, 0.2) is 59.8 Å². The molecule has 0 bridgehead atoms. The Morgan fingerprint density at radius 2 is 1.88 bits per heavy atom. The Hall–Kier alpha value is -3.51. The molecule has 0 unspecified atom stereocenters. The van der Waals surface area contributed by atoms with Gasteiger partial charge in [0.15, 0.2) is 5.82 Å². The van der Waals surface area contributed by atoms with Crippen molar-refractivity contribution >= 4 is 29.0 Å².